The lowest BCUT2D eigenvalue weighted by molar-refractivity contribution is -0.140. The van der Waals surface area contributed by atoms with Crippen LogP contribution in [0.3, 0.4) is 0 Å². The van der Waals surface area contributed by atoms with E-state index in [9.17, 15) is 4.79 Å². The molecule has 2 fully saturated rings. The minimum absolute atomic E-state index is 0.192. The summed E-state index contributed by atoms with van der Waals surface area (Å²) in [5.74, 6) is 1.36. The lowest BCUT2D eigenvalue weighted by atomic mass is 10.1. The summed E-state index contributed by atoms with van der Waals surface area (Å²) in [5.41, 5.74) is 0. The highest BCUT2D eigenvalue weighted by Crippen LogP contribution is 2.28. The van der Waals surface area contributed by atoms with Gasteiger partial charge < -0.3 is 10.0 Å². The number of aliphatic hydroxyl groups excluding tert-OH is 1. The summed E-state index contributed by atoms with van der Waals surface area (Å²) in [7, 11) is 0. The molecule has 0 aliphatic carbocycles. The Bertz CT molecular complexity index is 185. The number of rotatable bonds is 1. The first kappa shape index (κ1) is 8.38. The van der Waals surface area contributed by atoms with E-state index < -0.39 is 0 Å². The number of hydrogen-bond donors (Lipinski definition) is 1. The SMILES string of the molecule is O=C(C1CCCS1)N1CC(O)C1. The van der Waals surface area contributed by atoms with Crippen molar-refractivity contribution in [1.29, 1.82) is 0 Å². The zero-order valence-corrected chi connectivity index (χ0v) is 7.72. The van der Waals surface area contributed by atoms with Gasteiger partial charge in [-0.2, -0.15) is 0 Å². The fourth-order valence-electron chi connectivity index (χ4n) is 1.61. The topological polar surface area (TPSA) is 40.5 Å². The Hall–Kier alpha value is -0.220. The fraction of sp³-hybridized carbons (Fsp3) is 0.875. The number of carbonyl (C=O) groups excluding carboxylic acids is 1. The Kier molecular flexibility index (Phi) is 2.28. The molecule has 2 heterocycles. The molecule has 3 nitrogen and oxygen atoms in total. The predicted octanol–water partition coefficient (Wildman–Crippen LogP) is 0.0851. The van der Waals surface area contributed by atoms with Crippen LogP contribution in [0.4, 0.5) is 0 Å². The van der Waals surface area contributed by atoms with Crippen LogP contribution in [-0.2, 0) is 4.79 Å². The Balaban J connectivity index is 1.83. The molecule has 2 rings (SSSR count). The second kappa shape index (κ2) is 3.26. The van der Waals surface area contributed by atoms with E-state index >= 15 is 0 Å². The molecule has 1 unspecified atom stereocenters. The first-order chi connectivity index (χ1) is 5.77. The maximum atomic E-state index is 11.6. The summed E-state index contributed by atoms with van der Waals surface area (Å²) >= 11 is 1.76. The third kappa shape index (κ3) is 1.45. The third-order valence-corrected chi connectivity index (χ3v) is 3.74. The quantitative estimate of drug-likeness (QED) is 0.632. The van der Waals surface area contributed by atoms with E-state index in [4.69, 9.17) is 5.11 Å². The number of β-amino-alcohol motifs (C(OH)–C–C–N with tert-alkyl or cyclic N) is 1. The van der Waals surface area contributed by atoms with Crippen LogP contribution >= 0.6 is 11.8 Å². The van der Waals surface area contributed by atoms with E-state index in [1.54, 1.807) is 16.7 Å². The van der Waals surface area contributed by atoms with Crippen molar-refractivity contribution in [3.8, 4) is 0 Å². The summed E-state index contributed by atoms with van der Waals surface area (Å²) in [6.07, 6.45) is 1.92. The molecule has 0 aromatic carbocycles. The van der Waals surface area contributed by atoms with Gasteiger partial charge in [-0.15, -0.1) is 11.8 Å². The highest BCUT2D eigenvalue weighted by molar-refractivity contribution is 8.00. The van der Waals surface area contributed by atoms with Crippen LogP contribution < -0.4 is 0 Å². The summed E-state index contributed by atoms with van der Waals surface area (Å²) < 4.78 is 0. The smallest absolute Gasteiger partial charge is 0.235 e. The van der Waals surface area contributed by atoms with Gasteiger partial charge in [0, 0.05) is 13.1 Å². The van der Waals surface area contributed by atoms with Crippen LogP contribution in [-0.4, -0.2) is 46.1 Å². The van der Waals surface area contributed by atoms with Crippen molar-refractivity contribution in [3.63, 3.8) is 0 Å². The molecule has 0 spiro atoms. The summed E-state index contributed by atoms with van der Waals surface area (Å²) in [6, 6.07) is 0. The van der Waals surface area contributed by atoms with Gasteiger partial charge in [0.05, 0.1) is 11.4 Å². The monoisotopic (exact) mass is 187 g/mol. The Morgan fingerprint density at radius 2 is 2.25 bits per heavy atom. The zero-order chi connectivity index (χ0) is 8.55. The van der Waals surface area contributed by atoms with Crippen LogP contribution in [0.5, 0.6) is 0 Å². The molecule has 1 atom stereocenters. The van der Waals surface area contributed by atoms with E-state index in [0.29, 0.717) is 13.1 Å². The van der Waals surface area contributed by atoms with Gasteiger partial charge in [0.2, 0.25) is 5.91 Å². The molecule has 0 aromatic heterocycles. The van der Waals surface area contributed by atoms with Crippen molar-refractivity contribution in [3.05, 3.63) is 0 Å². The van der Waals surface area contributed by atoms with E-state index in [1.165, 1.54) is 0 Å². The van der Waals surface area contributed by atoms with Gasteiger partial charge in [0.1, 0.15) is 0 Å². The molecular weight excluding hydrogens is 174 g/mol. The highest BCUT2D eigenvalue weighted by Gasteiger charge is 2.34. The minimum Gasteiger partial charge on any atom is -0.389 e. The van der Waals surface area contributed by atoms with E-state index in [-0.39, 0.29) is 17.3 Å². The average Bonchev–Trinajstić information content (AvgIpc) is 2.49. The fourth-order valence-corrected chi connectivity index (χ4v) is 2.85. The maximum absolute atomic E-state index is 11.6. The number of amides is 1. The molecule has 12 heavy (non-hydrogen) atoms. The lowest BCUT2D eigenvalue weighted by Crippen LogP contribution is -2.55. The van der Waals surface area contributed by atoms with Crippen LogP contribution in [0.2, 0.25) is 0 Å². The predicted molar refractivity (Wildman–Crippen MR) is 48.1 cm³/mol. The second-order valence-electron chi connectivity index (χ2n) is 3.40. The van der Waals surface area contributed by atoms with Gasteiger partial charge in [-0.1, -0.05) is 0 Å². The van der Waals surface area contributed by atoms with Gasteiger partial charge in [0.25, 0.3) is 0 Å². The molecule has 2 aliphatic heterocycles. The highest BCUT2D eigenvalue weighted by atomic mass is 32.2. The van der Waals surface area contributed by atoms with Crippen LogP contribution in [0.15, 0.2) is 0 Å². The second-order valence-corrected chi connectivity index (χ2v) is 4.71. The Morgan fingerprint density at radius 1 is 1.50 bits per heavy atom. The average molecular weight is 187 g/mol. The van der Waals surface area contributed by atoms with E-state index in [0.717, 1.165) is 18.6 Å². The van der Waals surface area contributed by atoms with Gasteiger partial charge in [0.15, 0.2) is 0 Å². The van der Waals surface area contributed by atoms with Crippen LogP contribution in [0, 0.1) is 0 Å². The lowest BCUT2D eigenvalue weighted by Gasteiger charge is -2.37. The van der Waals surface area contributed by atoms with Gasteiger partial charge in [-0.05, 0) is 18.6 Å². The number of aliphatic hydroxyl groups is 1. The number of carbonyl (C=O) groups is 1. The number of hydrogen-bond acceptors (Lipinski definition) is 3. The van der Waals surface area contributed by atoms with Crippen molar-refractivity contribution in [2.75, 3.05) is 18.8 Å². The summed E-state index contributed by atoms with van der Waals surface area (Å²) in [6.45, 7) is 1.10. The first-order valence-electron chi connectivity index (χ1n) is 4.36. The van der Waals surface area contributed by atoms with Crippen molar-refractivity contribution in [2.45, 2.75) is 24.2 Å². The van der Waals surface area contributed by atoms with Crippen LogP contribution in [0.25, 0.3) is 0 Å². The normalized spacial score (nSPS) is 30.4. The van der Waals surface area contributed by atoms with Gasteiger partial charge in [-0.25, -0.2) is 0 Å². The largest absolute Gasteiger partial charge is 0.389 e. The summed E-state index contributed by atoms with van der Waals surface area (Å²) in [5, 5.41) is 9.20. The molecule has 1 N–H and O–H groups in total. The number of nitrogens with zero attached hydrogens (tertiary/aromatic N) is 1. The molecule has 1 amide bonds. The molecule has 0 aromatic rings. The van der Waals surface area contributed by atoms with Gasteiger partial charge in [-0.3, -0.25) is 4.79 Å². The van der Waals surface area contributed by atoms with Crippen molar-refractivity contribution < 1.29 is 9.90 Å². The summed E-state index contributed by atoms with van der Waals surface area (Å²) in [4.78, 5) is 13.3. The molecule has 2 saturated heterocycles. The number of likely N-dealkylation sites (tertiary alicyclic amines) is 1. The van der Waals surface area contributed by atoms with Crippen molar-refractivity contribution >= 4 is 17.7 Å². The third-order valence-electron chi connectivity index (χ3n) is 2.38. The van der Waals surface area contributed by atoms with Gasteiger partial charge >= 0.3 is 0 Å². The molecule has 4 heteroatoms. The van der Waals surface area contributed by atoms with Crippen molar-refractivity contribution in [2.24, 2.45) is 0 Å². The first-order valence-corrected chi connectivity index (χ1v) is 5.40. The molecule has 0 saturated carbocycles. The Labute approximate surface area is 76.1 Å². The molecule has 68 valence electrons. The molecule has 0 radical (unpaired) electrons. The molecular formula is C8H13NO2S. The maximum Gasteiger partial charge on any atom is 0.235 e. The molecule has 0 bridgehead atoms. The van der Waals surface area contributed by atoms with Crippen LogP contribution in [0.1, 0.15) is 12.8 Å². The van der Waals surface area contributed by atoms with E-state index in [2.05, 4.69) is 0 Å². The number of thioether (sulfide) groups is 1. The van der Waals surface area contributed by atoms with E-state index in [1.807, 2.05) is 0 Å². The standard InChI is InChI=1S/C8H13NO2S/c10-6-4-9(5-6)8(11)7-2-1-3-12-7/h6-7,10H,1-5H2. The Morgan fingerprint density at radius 3 is 2.75 bits per heavy atom. The molecule has 2 aliphatic rings. The van der Waals surface area contributed by atoms with Crippen molar-refractivity contribution in [1.82, 2.24) is 4.90 Å². The zero-order valence-electron chi connectivity index (χ0n) is 6.90. The minimum atomic E-state index is -0.264.